The molecule has 0 aliphatic heterocycles. The average Bonchev–Trinajstić information content (AvgIpc) is 3.25. The van der Waals surface area contributed by atoms with E-state index in [1.54, 1.807) is 29.5 Å². The summed E-state index contributed by atoms with van der Waals surface area (Å²) in [6, 6.07) is 12.8. The third kappa shape index (κ3) is 6.47. The smallest absolute Gasteiger partial charge is 0.259 e. The molecule has 0 atom stereocenters. The minimum Gasteiger partial charge on any atom is -0.493 e. The molecule has 176 valence electrons. The van der Waals surface area contributed by atoms with Gasteiger partial charge in [-0.15, -0.1) is 16.9 Å². The maximum atomic E-state index is 12.5. The van der Waals surface area contributed by atoms with Crippen LogP contribution < -0.4 is 20.2 Å². The molecule has 34 heavy (non-hydrogen) atoms. The van der Waals surface area contributed by atoms with Gasteiger partial charge >= 0.3 is 0 Å². The maximum Gasteiger partial charge on any atom is 0.259 e. The van der Waals surface area contributed by atoms with Crippen LogP contribution in [0.2, 0.25) is 19.6 Å². The molecule has 0 unspecified atom stereocenters. The van der Waals surface area contributed by atoms with Crippen LogP contribution in [0.5, 0.6) is 11.5 Å². The second-order valence-corrected chi connectivity index (χ2v) is 14.1. The van der Waals surface area contributed by atoms with Crippen molar-refractivity contribution in [3.05, 3.63) is 59.0 Å². The van der Waals surface area contributed by atoms with Crippen LogP contribution in [-0.4, -0.2) is 46.4 Å². The monoisotopic (exact) mass is 493 g/mol. The van der Waals surface area contributed by atoms with E-state index < -0.39 is 19.9 Å². The van der Waals surface area contributed by atoms with Gasteiger partial charge in [-0.05, 0) is 24.3 Å². The first-order valence-corrected chi connectivity index (χ1v) is 15.0. The van der Waals surface area contributed by atoms with Crippen molar-refractivity contribution in [2.24, 2.45) is 5.10 Å². The maximum absolute atomic E-state index is 12.5. The Balaban J connectivity index is 1.73. The summed E-state index contributed by atoms with van der Waals surface area (Å²) in [7, 11) is 1.34. The predicted octanol–water partition coefficient (Wildman–Crippen LogP) is 4.05. The number of ether oxygens (including phenoxy) is 2. The molecule has 1 heterocycles. The summed E-state index contributed by atoms with van der Waals surface area (Å²) in [5, 5.41) is 9.92. The van der Waals surface area contributed by atoms with Gasteiger partial charge in [-0.3, -0.25) is 9.59 Å². The van der Waals surface area contributed by atoms with E-state index in [0.29, 0.717) is 22.8 Å². The molecule has 0 radical (unpaired) electrons. The lowest BCUT2D eigenvalue weighted by Crippen LogP contribution is -2.35. The lowest BCUT2D eigenvalue weighted by atomic mass is 10.1. The van der Waals surface area contributed by atoms with Gasteiger partial charge in [0.25, 0.3) is 11.8 Å². The number of hydrogen-bond acceptors (Lipinski definition) is 6. The predicted molar refractivity (Wildman–Crippen MR) is 140 cm³/mol. The number of hydrogen-bond donors (Lipinski definition) is 2. The molecular formula is C25H27N3O4SSi. The van der Waals surface area contributed by atoms with Gasteiger partial charge in [0.2, 0.25) is 0 Å². The van der Waals surface area contributed by atoms with Gasteiger partial charge in [0.05, 0.1) is 20.8 Å². The Kier molecular flexibility index (Phi) is 8.10. The molecule has 2 amide bonds. The zero-order valence-corrected chi connectivity index (χ0v) is 21.6. The number of carbonyl (C=O) groups excluding carboxylic acids is 2. The number of thiophene rings is 1. The highest BCUT2D eigenvalue weighted by Crippen LogP contribution is 2.27. The number of methoxy groups -OCH3 is 2. The zero-order valence-electron chi connectivity index (χ0n) is 19.8. The van der Waals surface area contributed by atoms with E-state index in [4.69, 9.17) is 9.47 Å². The zero-order chi connectivity index (χ0) is 24.7. The van der Waals surface area contributed by atoms with Crippen molar-refractivity contribution in [2.45, 2.75) is 19.6 Å². The van der Waals surface area contributed by atoms with Gasteiger partial charge in [-0.1, -0.05) is 43.8 Å². The Morgan fingerprint density at radius 2 is 1.79 bits per heavy atom. The Hall–Kier alpha value is -3.61. The number of fused-ring (bicyclic) bond motifs is 1. The Morgan fingerprint density at radius 3 is 2.50 bits per heavy atom. The highest BCUT2D eigenvalue weighted by Gasteiger charge is 2.14. The number of nitrogens with one attached hydrogen (secondary N) is 2. The van der Waals surface area contributed by atoms with Gasteiger partial charge < -0.3 is 14.8 Å². The summed E-state index contributed by atoms with van der Waals surface area (Å²) >= 11 is 1.60. The minimum absolute atomic E-state index is 0.240. The van der Waals surface area contributed by atoms with Gasteiger partial charge in [-0.2, -0.15) is 5.10 Å². The molecule has 0 saturated heterocycles. The fraction of sp³-hybridized carbons (Fsp3) is 0.240. The van der Waals surface area contributed by atoms with E-state index in [2.05, 4.69) is 46.9 Å². The van der Waals surface area contributed by atoms with Crippen molar-refractivity contribution >= 4 is 47.0 Å². The van der Waals surface area contributed by atoms with Crippen molar-refractivity contribution in [3.63, 3.8) is 0 Å². The SMILES string of the molecule is COc1ccc(C(=O)NCC(=O)N/N=C(\C#C[Si](C)(C)C)c2csc3ccccc23)cc1OC. The number of carbonyl (C=O) groups is 2. The Bertz CT molecular complexity index is 1300. The van der Waals surface area contributed by atoms with Crippen LogP contribution in [0.25, 0.3) is 10.1 Å². The highest BCUT2D eigenvalue weighted by atomic mass is 32.1. The molecule has 2 N–H and O–H groups in total. The van der Waals surface area contributed by atoms with Crippen molar-refractivity contribution in [2.75, 3.05) is 20.8 Å². The molecular weight excluding hydrogens is 466 g/mol. The minimum atomic E-state index is -1.67. The normalized spacial score (nSPS) is 11.4. The van der Waals surface area contributed by atoms with Crippen molar-refractivity contribution in [3.8, 4) is 23.0 Å². The van der Waals surface area contributed by atoms with Crippen LogP contribution in [0.1, 0.15) is 15.9 Å². The summed E-state index contributed by atoms with van der Waals surface area (Å²) in [4.78, 5) is 24.9. The standard InChI is InChI=1S/C25H27N3O4SSi/c1-31-21-11-10-17(14-22(21)32-2)25(30)26-15-24(29)28-27-20(12-13-34(3,4)5)19-16-33-23-9-7-6-8-18(19)23/h6-11,14,16H,15H2,1-5H3,(H,26,30)(H,28,29)/b27-20+. The first-order chi connectivity index (χ1) is 16.2. The topological polar surface area (TPSA) is 89.0 Å². The molecule has 0 aliphatic rings. The van der Waals surface area contributed by atoms with Gasteiger partial charge in [0.15, 0.2) is 11.5 Å². The van der Waals surface area contributed by atoms with Crippen LogP contribution in [0, 0.1) is 11.5 Å². The molecule has 3 rings (SSSR count). The van der Waals surface area contributed by atoms with E-state index in [9.17, 15) is 9.59 Å². The van der Waals surface area contributed by atoms with E-state index in [0.717, 1.165) is 15.6 Å². The largest absolute Gasteiger partial charge is 0.493 e. The van der Waals surface area contributed by atoms with Crippen molar-refractivity contribution < 1.29 is 19.1 Å². The summed E-state index contributed by atoms with van der Waals surface area (Å²) in [5.41, 5.74) is 7.56. The molecule has 2 aromatic carbocycles. The van der Waals surface area contributed by atoms with E-state index >= 15 is 0 Å². The Labute approximate surface area is 204 Å². The number of benzene rings is 2. The molecule has 0 fully saturated rings. The fourth-order valence-corrected chi connectivity index (χ4v) is 4.40. The van der Waals surface area contributed by atoms with Crippen LogP contribution in [0.4, 0.5) is 0 Å². The van der Waals surface area contributed by atoms with Gasteiger partial charge in [-0.25, -0.2) is 5.43 Å². The molecule has 9 heteroatoms. The van der Waals surface area contributed by atoms with Crippen LogP contribution in [0.3, 0.4) is 0 Å². The molecule has 0 saturated carbocycles. The van der Waals surface area contributed by atoms with E-state index in [1.807, 2.05) is 29.6 Å². The van der Waals surface area contributed by atoms with Crippen LogP contribution in [-0.2, 0) is 4.79 Å². The summed E-state index contributed by atoms with van der Waals surface area (Å²) in [6.07, 6.45) is 0. The molecule has 0 aliphatic carbocycles. The number of nitrogens with zero attached hydrogens (tertiary/aromatic N) is 1. The second kappa shape index (κ2) is 11.0. The quantitative estimate of drug-likeness (QED) is 0.225. The number of rotatable bonds is 7. The first kappa shape index (κ1) is 25.0. The summed E-state index contributed by atoms with van der Waals surface area (Å²) in [5.74, 6) is 3.23. The van der Waals surface area contributed by atoms with Gasteiger partial charge in [0.1, 0.15) is 13.8 Å². The number of amides is 2. The van der Waals surface area contributed by atoms with Crippen LogP contribution in [0.15, 0.2) is 52.9 Å². The van der Waals surface area contributed by atoms with Crippen molar-refractivity contribution in [1.29, 1.82) is 0 Å². The summed E-state index contributed by atoms with van der Waals surface area (Å²) in [6.45, 7) is 6.19. The first-order valence-electron chi connectivity index (χ1n) is 10.6. The van der Waals surface area contributed by atoms with Crippen LogP contribution >= 0.6 is 11.3 Å². The second-order valence-electron chi connectivity index (χ2n) is 8.39. The van der Waals surface area contributed by atoms with Crippen molar-refractivity contribution in [1.82, 2.24) is 10.7 Å². The average molecular weight is 494 g/mol. The van der Waals surface area contributed by atoms with E-state index in [-0.39, 0.29) is 6.54 Å². The lowest BCUT2D eigenvalue weighted by molar-refractivity contribution is -0.120. The Morgan fingerprint density at radius 1 is 1.06 bits per heavy atom. The highest BCUT2D eigenvalue weighted by molar-refractivity contribution is 7.17. The third-order valence-corrected chi connectivity index (χ3v) is 6.48. The summed E-state index contributed by atoms with van der Waals surface area (Å²) < 4.78 is 11.5. The number of hydrazone groups is 1. The fourth-order valence-electron chi connectivity index (χ4n) is 2.96. The molecule has 0 spiro atoms. The molecule has 1 aromatic heterocycles. The molecule has 3 aromatic rings. The molecule has 0 bridgehead atoms. The molecule has 7 nitrogen and oxygen atoms in total. The third-order valence-electron chi connectivity index (χ3n) is 4.64. The van der Waals surface area contributed by atoms with Gasteiger partial charge in [0, 0.05) is 26.6 Å². The van der Waals surface area contributed by atoms with E-state index in [1.165, 1.54) is 14.2 Å². The lowest BCUT2D eigenvalue weighted by Gasteiger charge is -2.10.